The fourth-order valence-electron chi connectivity index (χ4n) is 1.22. The lowest BCUT2D eigenvalue weighted by molar-refractivity contribution is 0.496. The van der Waals surface area contributed by atoms with Crippen LogP contribution in [0.5, 0.6) is 0 Å². The van der Waals surface area contributed by atoms with Crippen LogP contribution in [0, 0.1) is 0 Å². The highest BCUT2D eigenvalue weighted by molar-refractivity contribution is 9.10. The summed E-state index contributed by atoms with van der Waals surface area (Å²) in [5.74, 6) is 0.534. The zero-order valence-electron chi connectivity index (χ0n) is 8.00. The molecule has 0 spiro atoms. The number of halogens is 1. The fraction of sp³-hybridized carbons (Fsp3) is 0.667. The minimum Gasteiger partial charge on any atom is -0.266 e. The highest BCUT2D eigenvalue weighted by Crippen LogP contribution is 2.21. The number of hydrogen-bond acceptors (Lipinski definition) is 1. The molecule has 0 amide bonds. The maximum atomic E-state index is 4.36. The molecular formula is C9H15BrN2. The van der Waals surface area contributed by atoms with E-state index >= 15 is 0 Å². The number of nitrogens with zero attached hydrogens (tertiary/aromatic N) is 2. The lowest BCUT2D eigenvalue weighted by Gasteiger charge is -2.12. The Morgan fingerprint density at radius 3 is 2.25 bits per heavy atom. The lowest BCUT2D eigenvalue weighted by Crippen LogP contribution is -2.08. The average molecular weight is 231 g/mol. The van der Waals surface area contributed by atoms with E-state index in [0.717, 1.165) is 4.60 Å². The van der Waals surface area contributed by atoms with Gasteiger partial charge in [-0.3, -0.25) is 4.68 Å². The van der Waals surface area contributed by atoms with E-state index in [1.165, 1.54) is 5.69 Å². The Hall–Kier alpha value is -0.310. The van der Waals surface area contributed by atoms with Gasteiger partial charge in [-0.1, -0.05) is 13.8 Å². The molecular weight excluding hydrogens is 216 g/mol. The van der Waals surface area contributed by atoms with Gasteiger partial charge in [-0.05, 0) is 41.8 Å². The molecule has 0 radical (unpaired) electrons. The topological polar surface area (TPSA) is 17.8 Å². The van der Waals surface area contributed by atoms with Crippen molar-refractivity contribution in [1.29, 1.82) is 0 Å². The molecule has 0 aliphatic carbocycles. The second-order valence-corrected chi connectivity index (χ2v) is 4.40. The smallest absolute Gasteiger partial charge is 0.128 e. The van der Waals surface area contributed by atoms with Gasteiger partial charge in [0.15, 0.2) is 0 Å². The quantitative estimate of drug-likeness (QED) is 0.763. The van der Waals surface area contributed by atoms with Gasteiger partial charge in [0.2, 0.25) is 0 Å². The normalized spacial score (nSPS) is 11.6. The SMILES string of the molecule is CC(C)c1cc(Br)nn1C(C)C. The van der Waals surface area contributed by atoms with E-state index in [4.69, 9.17) is 0 Å². The molecule has 0 bridgehead atoms. The molecule has 1 aromatic rings. The molecule has 0 aliphatic heterocycles. The number of aromatic nitrogens is 2. The lowest BCUT2D eigenvalue weighted by atomic mass is 10.1. The second-order valence-electron chi connectivity index (χ2n) is 3.58. The van der Waals surface area contributed by atoms with Crippen LogP contribution in [0.15, 0.2) is 10.7 Å². The molecule has 0 atom stereocenters. The Balaban J connectivity index is 3.08. The average Bonchev–Trinajstić information content (AvgIpc) is 2.31. The third-order valence-electron chi connectivity index (χ3n) is 1.82. The molecule has 1 heterocycles. The largest absolute Gasteiger partial charge is 0.266 e. The highest BCUT2D eigenvalue weighted by atomic mass is 79.9. The van der Waals surface area contributed by atoms with Gasteiger partial charge in [0.25, 0.3) is 0 Å². The molecule has 0 unspecified atom stereocenters. The Morgan fingerprint density at radius 2 is 1.92 bits per heavy atom. The third kappa shape index (κ3) is 1.89. The molecule has 3 heteroatoms. The van der Waals surface area contributed by atoms with Crippen molar-refractivity contribution >= 4 is 15.9 Å². The molecule has 12 heavy (non-hydrogen) atoms. The monoisotopic (exact) mass is 230 g/mol. The first-order chi connectivity index (χ1) is 5.52. The number of hydrogen-bond donors (Lipinski definition) is 0. The zero-order valence-corrected chi connectivity index (χ0v) is 9.59. The summed E-state index contributed by atoms with van der Waals surface area (Å²) in [6.07, 6.45) is 0. The fourth-order valence-corrected chi connectivity index (χ4v) is 1.63. The molecule has 0 N–H and O–H groups in total. The van der Waals surface area contributed by atoms with Crippen LogP contribution in [-0.2, 0) is 0 Å². The van der Waals surface area contributed by atoms with Gasteiger partial charge < -0.3 is 0 Å². The summed E-state index contributed by atoms with van der Waals surface area (Å²) in [4.78, 5) is 0. The van der Waals surface area contributed by atoms with E-state index in [9.17, 15) is 0 Å². The van der Waals surface area contributed by atoms with Crippen molar-refractivity contribution < 1.29 is 0 Å². The highest BCUT2D eigenvalue weighted by Gasteiger charge is 2.11. The van der Waals surface area contributed by atoms with Crippen LogP contribution >= 0.6 is 15.9 Å². The first-order valence-corrected chi connectivity index (χ1v) is 5.06. The maximum absolute atomic E-state index is 4.36. The summed E-state index contributed by atoms with van der Waals surface area (Å²) in [6.45, 7) is 8.65. The van der Waals surface area contributed by atoms with Crippen molar-refractivity contribution in [2.75, 3.05) is 0 Å². The summed E-state index contributed by atoms with van der Waals surface area (Å²) in [6, 6.07) is 2.53. The third-order valence-corrected chi connectivity index (χ3v) is 2.20. The zero-order chi connectivity index (χ0) is 9.30. The van der Waals surface area contributed by atoms with Crippen molar-refractivity contribution in [3.8, 4) is 0 Å². The van der Waals surface area contributed by atoms with Gasteiger partial charge in [-0.2, -0.15) is 5.10 Å². The standard InChI is InChI=1S/C9H15BrN2/c1-6(2)8-5-9(10)11-12(8)7(3)4/h5-7H,1-4H3. The van der Waals surface area contributed by atoms with Crippen molar-refractivity contribution in [2.24, 2.45) is 0 Å². The Kier molecular flexibility index (Phi) is 2.94. The minimum atomic E-state index is 0.439. The first-order valence-electron chi connectivity index (χ1n) is 4.27. The van der Waals surface area contributed by atoms with Crippen LogP contribution in [0.2, 0.25) is 0 Å². The molecule has 0 saturated heterocycles. The van der Waals surface area contributed by atoms with Crippen molar-refractivity contribution in [3.63, 3.8) is 0 Å². The van der Waals surface area contributed by atoms with Crippen molar-refractivity contribution in [3.05, 3.63) is 16.4 Å². The Bertz CT molecular complexity index is 238. The van der Waals surface area contributed by atoms with E-state index in [1.54, 1.807) is 0 Å². The van der Waals surface area contributed by atoms with E-state index in [0.29, 0.717) is 12.0 Å². The number of rotatable bonds is 2. The van der Waals surface area contributed by atoms with Crippen LogP contribution in [0.3, 0.4) is 0 Å². The van der Waals surface area contributed by atoms with Crippen molar-refractivity contribution in [2.45, 2.75) is 39.7 Å². The van der Waals surface area contributed by atoms with Gasteiger partial charge in [0.05, 0.1) is 0 Å². The van der Waals surface area contributed by atoms with Crippen LogP contribution in [0.4, 0.5) is 0 Å². The van der Waals surface area contributed by atoms with Crippen molar-refractivity contribution in [1.82, 2.24) is 9.78 Å². The summed E-state index contributed by atoms with van der Waals surface area (Å²) in [5, 5.41) is 4.36. The predicted molar refractivity (Wildman–Crippen MR) is 54.4 cm³/mol. The van der Waals surface area contributed by atoms with Gasteiger partial charge in [0.1, 0.15) is 4.60 Å². The van der Waals surface area contributed by atoms with Crippen LogP contribution in [0.1, 0.15) is 45.3 Å². The predicted octanol–water partition coefficient (Wildman–Crippen LogP) is 3.35. The summed E-state index contributed by atoms with van der Waals surface area (Å²) in [5.41, 5.74) is 1.29. The molecule has 0 saturated carbocycles. The van der Waals surface area contributed by atoms with E-state index in [-0.39, 0.29) is 0 Å². The molecule has 1 rings (SSSR count). The maximum Gasteiger partial charge on any atom is 0.128 e. The molecule has 1 aromatic heterocycles. The molecule has 0 aliphatic rings. The van der Waals surface area contributed by atoms with Gasteiger partial charge in [0, 0.05) is 11.7 Å². The summed E-state index contributed by atoms with van der Waals surface area (Å²) < 4.78 is 2.99. The van der Waals surface area contributed by atoms with Gasteiger partial charge in [-0.15, -0.1) is 0 Å². The first kappa shape index (κ1) is 9.78. The Morgan fingerprint density at radius 1 is 1.33 bits per heavy atom. The van der Waals surface area contributed by atoms with Crippen LogP contribution in [0.25, 0.3) is 0 Å². The van der Waals surface area contributed by atoms with E-state index in [1.807, 2.05) is 0 Å². The van der Waals surface area contributed by atoms with Crippen LogP contribution in [-0.4, -0.2) is 9.78 Å². The minimum absolute atomic E-state index is 0.439. The molecule has 68 valence electrons. The Labute approximate surface area is 82.1 Å². The van der Waals surface area contributed by atoms with E-state index in [2.05, 4.69) is 59.5 Å². The molecule has 0 aromatic carbocycles. The molecule has 2 nitrogen and oxygen atoms in total. The second kappa shape index (κ2) is 3.60. The summed E-state index contributed by atoms with van der Waals surface area (Å²) in [7, 11) is 0. The van der Waals surface area contributed by atoms with Crippen LogP contribution < -0.4 is 0 Å². The van der Waals surface area contributed by atoms with Gasteiger partial charge in [-0.25, -0.2) is 0 Å². The van der Waals surface area contributed by atoms with Gasteiger partial charge >= 0.3 is 0 Å². The summed E-state index contributed by atoms with van der Waals surface area (Å²) >= 11 is 3.39. The van der Waals surface area contributed by atoms with E-state index < -0.39 is 0 Å². The molecule has 0 fully saturated rings.